The van der Waals surface area contributed by atoms with Crippen molar-refractivity contribution in [3.8, 4) is 0 Å². The molecule has 13 heavy (non-hydrogen) atoms. The van der Waals surface area contributed by atoms with Gasteiger partial charge in [0.1, 0.15) is 0 Å². The van der Waals surface area contributed by atoms with Crippen molar-refractivity contribution >= 4 is 22.1 Å². The molecule has 1 aliphatic heterocycles. The van der Waals surface area contributed by atoms with Gasteiger partial charge in [-0.3, -0.25) is 4.99 Å². The topological polar surface area (TPSA) is 47.6 Å². The third kappa shape index (κ3) is 1.79. The Morgan fingerprint density at radius 1 is 1.54 bits per heavy atom. The van der Waals surface area contributed by atoms with Crippen LogP contribution in [0.25, 0.3) is 0 Å². The number of hydrogen-bond acceptors (Lipinski definition) is 3. The number of aliphatic imine (C=N–C) groups is 1. The molecule has 2 fully saturated rings. The molecule has 0 aromatic rings. The predicted octanol–water partition coefficient (Wildman–Crippen LogP) is 1.43. The van der Waals surface area contributed by atoms with Crippen LogP contribution < -0.4 is 5.73 Å². The first-order valence-corrected chi connectivity index (χ1v) is 5.22. The molecular weight excluding hydrogens is 232 g/mol. The number of allylic oxidation sites excluding steroid dienone is 1. The summed E-state index contributed by atoms with van der Waals surface area (Å²) >= 11 is 3.28. The van der Waals surface area contributed by atoms with E-state index < -0.39 is 0 Å². The van der Waals surface area contributed by atoms with E-state index >= 15 is 0 Å². The third-order valence-corrected chi connectivity index (χ3v) is 3.19. The van der Waals surface area contributed by atoms with E-state index in [-0.39, 0.29) is 0 Å². The molecule has 0 radical (unpaired) electrons. The minimum absolute atomic E-state index is 0.483. The van der Waals surface area contributed by atoms with Gasteiger partial charge in [-0.05, 0) is 28.8 Å². The van der Waals surface area contributed by atoms with Gasteiger partial charge < -0.3 is 10.5 Å². The van der Waals surface area contributed by atoms with E-state index in [1.807, 2.05) is 0 Å². The van der Waals surface area contributed by atoms with E-state index in [1.54, 1.807) is 6.21 Å². The highest BCUT2D eigenvalue weighted by molar-refractivity contribution is 9.12. The first kappa shape index (κ1) is 9.21. The van der Waals surface area contributed by atoms with E-state index in [1.165, 1.54) is 19.0 Å². The molecule has 1 spiro atoms. The van der Waals surface area contributed by atoms with E-state index in [9.17, 15) is 0 Å². The Balaban J connectivity index is 1.77. The summed E-state index contributed by atoms with van der Waals surface area (Å²) in [7, 11) is 0. The van der Waals surface area contributed by atoms with Gasteiger partial charge in [0.2, 0.25) is 0 Å². The van der Waals surface area contributed by atoms with Crippen LogP contribution in [0.4, 0.5) is 0 Å². The fourth-order valence-corrected chi connectivity index (χ4v) is 2.01. The largest absolute Gasteiger partial charge is 0.404 e. The predicted molar refractivity (Wildman–Crippen MR) is 56.0 cm³/mol. The van der Waals surface area contributed by atoms with Crippen molar-refractivity contribution in [1.82, 2.24) is 0 Å². The minimum atomic E-state index is 0.483. The fourth-order valence-electron chi connectivity index (χ4n) is 1.89. The Kier molecular flexibility index (Phi) is 2.43. The number of hydrogen-bond donors (Lipinski definition) is 1. The van der Waals surface area contributed by atoms with Crippen LogP contribution in [-0.2, 0) is 4.74 Å². The second-order valence-electron chi connectivity index (χ2n) is 3.88. The Labute approximate surface area is 86.2 Å². The van der Waals surface area contributed by atoms with Crippen LogP contribution >= 0.6 is 15.9 Å². The summed E-state index contributed by atoms with van der Waals surface area (Å²) in [6.45, 7) is 1.87. The number of halogens is 1. The van der Waals surface area contributed by atoms with Crippen LogP contribution in [0.15, 0.2) is 15.7 Å². The van der Waals surface area contributed by atoms with Gasteiger partial charge in [-0.2, -0.15) is 0 Å². The highest BCUT2D eigenvalue weighted by Crippen LogP contribution is 2.48. The van der Waals surface area contributed by atoms with Crippen LogP contribution in [0.5, 0.6) is 0 Å². The second kappa shape index (κ2) is 3.42. The molecule has 0 bridgehead atoms. The van der Waals surface area contributed by atoms with Gasteiger partial charge in [0, 0.05) is 17.8 Å². The second-order valence-corrected chi connectivity index (χ2v) is 4.80. The Bertz CT molecular complexity index is 250. The monoisotopic (exact) mass is 244 g/mol. The third-order valence-electron chi connectivity index (χ3n) is 2.72. The Morgan fingerprint density at radius 3 is 2.69 bits per heavy atom. The van der Waals surface area contributed by atoms with Gasteiger partial charge in [-0.1, -0.05) is 0 Å². The molecule has 1 saturated heterocycles. The lowest BCUT2D eigenvalue weighted by Gasteiger charge is -2.51. The molecule has 2 aliphatic rings. The van der Waals surface area contributed by atoms with Crippen molar-refractivity contribution in [2.24, 2.45) is 16.1 Å². The average molecular weight is 245 g/mol. The number of nitrogens with two attached hydrogens (primary N) is 1. The average Bonchev–Trinajstić information content (AvgIpc) is 1.98. The van der Waals surface area contributed by atoms with Crippen molar-refractivity contribution in [2.75, 3.05) is 13.2 Å². The van der Waals surface area contributed by atoms with E-state index in [4.69, 9.17) is 10.5 Å². The van der Waals surface area contributed by atoms with Crippen LogP contribution in [0.3, 0.4) is 0 Å². The van der Waals surface area contributed by atoms with Crippen molar-refractivity contribution in [2.45, 2.75) is 18.9 Å². The molecule has 0 aromatic carbocycles. The minimum Gasteiger partial charge on any atom is -0.404 e. The molecule has 0 amide bonds. The van der Waals surface area contributed by atoms with Crippen LogP contribution in [-0.4, -0.2) is 25.5 Å². The van der Waals surface area contributed by atoms with Gasteiger partial charge in [-0.15, -0.1) is 0 Å². The van der Waals surface area contributed by atoms with Gasteiger partial charge in [0.15, 0.2) is 0 Å². The summed E-state index contributed by atoms with van der Waals surface area (Å²) in [5.41, 5.74) is 5.79. The van der Waals surface area contributed by atoms with E-state index in [2.05, 4.69) is 20.9 Å². The highest BCUT2D eigenvalue weighted by atomic mass is 79.9. The molecule has 0 aromatic heterocycles. The standard InChI is InChI=1S/C9H13BrN2O/c10-7(3-11)4-12-8-1-9(2-8)5-13-6-9/h3-4,8H,1-2,5-6,11H2/b7-3+,12-4?. The van der Waals surface area contributed by atoms with E-state index in [0.29, 0.717) is 11.5 Å². The van der Waals surface area contributed by atoms with Crippen molar-refractivity contribution < 1.29 is 4.74 Å². The molecule has 1 aliphatic carbocycles. The first-order valence-electron chi connectivity index (χ1n) is 4.42. The number of ether oxygens (including phenoxy) is 1. The maximum atomic E-state index is 5.29. The Morgan fingerprint density at radius 2 is 2.23 bits per heavy atom. The van der Waals surface area contributed by atoms with Crippen LogP contribution in [0.2, 0.25) is 0 Å². The summed E-state index contributed by atoms with van der Waals surface area (Å²) in [5, 5.41) is 0. The molecule has 72 valence electrons. The number of nitrogens with zero attached hydrogens (tertiary/aromatic N) is 1. The zero-order chi connectivity index (χ0) is 9.31. The summed E-state index contributed by atoms with van der Waals surface area (Å²) in [6.07, 6.45) is 5.64. The van der Waals surface area contributed by atoms with Crippen molar-refractivity contribution in [3.63, 3.8) is 0 Å². The van der Waals surface area contributed by atoms with Crippen LogP contribution in [0, 0.1) is 5.41 Å². The molecule has 0 atom stereocenters. The summed E-state index contributed by atoms with van der Waals surface area (Å²) in [5.74, 6) is 0. The maximum absolute atomic E-state index is 5.29. The molecular formula is C9H13BrN2O. The maximum Gasteiger partial charge on any atom is 0.0546 e. The van der Waals surface area contributed by atoms with E-state index in [0.717, 1.165) is 17.7 Å². The molecule has 4 heteroatoms. The summed E-state index contributed by atoms with van der Waals surface area (Å²) in [6, 6.07) is 0.483. The van der Waals surface area contributed by atoms with Gasteiger partial charge in [0.25, 0.3) is 0 Å². The van der Waals surface area contributed by atoms with Crippen molar-refractivity contribution in [3.05, 3.63) is 10.7 Å². The molecule has 3 nitrogen and oxygen atoms in total. The van der Waals surface area contributed by atoms with Gasteiger partial charge in [-0.25, -0.2) is 0 Å². The molecule has 1 saturated carbocycles. The highest BCUT2D eigenvalue weighted by Gasteiger charge is 2.49. The fraction of sp³-hybridized carbons (Fsp3) is 0.667. The smallest absolute Gasteiger partial charge is 0.0546 e. The molecule has 2 rings (SSSR count). The lowest BCUT2D eigenvalue weighted by atomic mass is 9.64. The van der Waals surface area contributed by atoms with Crippen molar-refractivity contribution in [1.29, 1.82) is 0 Å². The zero-order valence-corrected chi connectivity index (χ0v) is 8.96. The lowest BCUT2D eigenvalue weighted by Crippen LogP contribution is -2.53. The molecule has 1 heterocycles. The Hall–Kier alpha value is -0.350. The van der Waals surface area contributed by atoms with Crippen LogP contribution in [0.1, 0.15) is 12.8 Å². The zero-order valence-electron chi connectivity index (χ0n) is 7.37. The normalized spacial score (nSPS) is 27.6. The van der Waals surface area contributed by atoms with Gasteiger partial charge >= 0.3 is 0 Å². The molecule has 2 N–H and O–H groups in total. The number of rotatable bonds is 2. The summed E-state index contributed by atoms with van der Waals surface area (Å²) in [4.78, 5) is 4.40. The summed E-state index contributed by atoms with van der Waals surface area (Å²) < 4.78 is 6.03. The lowest BCUT2D eigenvalue weighted by molar-refractivity contribution is -0.162. The molecule has 0 unspecified atom stereocenters. The first-order chi connectivity index (χ1) is 6.24. The van der Waals surface area contributed by atoms with Gasteiger partial charge in [0.05, 0.1) is 23.7 Å². The SMILES string of the molecule is N/C=C(/Br)C=NC1CC2(COC2)C1. The quantitative estimate of drug-likeness (QED) is 0.748.